The fraction of sp³-hybridized carbons (Fsp3) is 0.269. The monoisotopic (exact) mass is 479 g/mol. The molecule has 2 aromatic carbocycles. The number of nitrogens with zero attached hydrogens (tertiary/aromatic N) is 1. The molecule has 3 N–H and O–H groups in total. The second kappa shape index (κ2) is 11.0. The second-order valence-electron chi connectivity index (χ2n) is 8.13. The maximum Gasteiger partial charge on any atom is 0.326 e. The van der Waals surface area contributed by atoms with Crippen LogP contribution in [0.15, 0.2) is 60.7 Å². The number of rotatable bonds is 9. The van der Waals surface area contributed by atoms with Crippen molar-refractivity contribution in [3.63, 3.8) is 0 Å². The van der Waals surface area contributed by atoms with Crippen molar-refractivity contribution in [2.75, 3.05) is 18.5 Å². The van der Waals surface area contributed by atoms with Gasteiger partial charge in [-0.1, -0.05) is 41.9 Å². The summed E-state index contributed by atoms with van der Waals surface area (Å²) in [5, 5.41) is 15.7. The van der Waals surface area contributed by atoms with Crippen LogP contribution in [0.5, 0.6) is 5.75 Å². The largest absolute Gasteiger partial charge is 0.493 e. The zero-order chi connectivity index (χ0) is 23.9. The number of hydrogen-bond donors (Lipinski definition) is 3. The lowest BCUT2D eigenvalue weighted by atomic mass is 10.1. The summed E-state index contributed by atoms with van der Waals surface area (Å²) in [6.07, 6.45) is 3.02. The molecule has 0 unspecified atom stereocenters. The van der Waals surface area contributed by atoms with E-state index < -0.39 is 17.9 Å². The molecule has 0 aliphatic carbocycles. The summed E-state index contributed by atoms with van der Waals surface area (Å²) >= 11 is 6.04. The zero-order valence-corrected chi connectivity index (χ0v) is 19.3. The molecule has 7 nitrogen and oxygen atoms in total. The number of carboxylic acids is 1. The molecular weight excluding hydrogens is 454 g/mol. The first kappa shape index (κ1) is 23.6. The Morgan fingerprint density at radius 2 is 1.91 bits per heavy atom. The average molecular weight is 480 g/mol. The van der Waals surface area contributed by atoms with Crippen LogP contribution in [0.1, 0.15) is 33.6 Å². The third kappa shape index (κ3) is 6.05. The number of aromatic nitrogens is 1. The number of anilines is 1. The van der Waals surface area contributed by atoms with Crippen LogP contribution in [0, 0.1) is 0 Å². The van der Waals surface area contributed by atoms with Crippen molar-refractivity contribution in [1.29, 1.82) is 0 Å². The number of fused-ring (bicyclic) bond motifs is 1. The highest BCUT2D eigenvalue weighted by Gasteiger charge is 2.22. The number of carbonyl (C=O) groups excluding carboxylic acids is 1. The number of carboxylic acid groups (broad SMARTS) is 1. The maximum absolute atomic E-state index is 12.5. The van der Waals surface area contributed by atoms with Gasteiger partial charge < -0.3 is 20.5 Å². The van der Waals surface area contributed by atoms with E-state index >= 15 is 0 Å². The maximum atomic E-state index is 12.5. The molecule has 4 rings (SSSR count). The van der Waals surface area contributed by atoms with Gasteiger partial charge in [-0.25, -0.2) is 9.78 Å². The Balaban J connectivity index is 1.30. The van der Waals surface area contributed by atoms with Crippen LogP contribution in [0.25, 0.3) is 0 Å². The van der Waals surface area contributed by atoms with Crippen LogP contribution < -0.4 is 15.4 Å². The number of ether oxygens (including phenoxy) is 1. The van der Waals surface area contributed by atoms with Gasteiger partial charge in [-0.3, -0.25) is 4.79 Å². The molecule has 34 heavy (non-hydrogen) atoms. The molecule has 0 fully saturated rings. The molecular formula is C26H26ClN3O4. The molecule has 1 atom stereocenters. The Bertz CT molecular complexity index is 1170. The van der Waals surface area contributed by atoms with E-state index in [1.165, 1.54) is 5.56 Å². The van der Waals surface area contributed by atoms with Crippen molar-refractivity contribution in [3.8, 4) is 5.75 Å². The van der Waals surface area contributed by atoms with Crippen molar-refractivity contribution >= 4 is 29.3 Å². The molecule has 1 aliphatic rings. The first-order chi connectivity index (χ1) is 16.5. The predicted molar refractivity (Wildman–Crippen MR) is 131 cm³/mol. The van der Waals surface area contributed by atoms with Gasteiger partial charge in [0.2, 0.25) is 0 Å². The van der Waals surface area contributed by atoms with Gasteiger partial charge in [0.25, 0.3) is 5.91 Å². The van der Waals surface area contributed by atoms with Crippen molar-refractivity contribution < 1.29 is 19.4 Å². The van der Waals surface area contributed by atoms with E-state index in [4.69, 9.17) is 16.3 Å². The fourth-order valence-corrected chi connectivity index (χ4v) is 4.04. The summed E-state index contributed by atoms with van der Waals surface area (Å²) in [5.74, 6) is 0.0197. The van der Waals surface area contributed by atoms with Crippen molar-refractivity contribution in [3.05, 3.63) is 88.1 Å². The third-order valence-corrected chi connectivity index (χ3v) is 5.99. The highest BCUT2D eigenvalue weighted by Crippen LogP contribution is 2.20. The molecule has 8 heteroatoms. The van der Waals surface area contributed by atoms with Gasteiger partial charge in [-0.15, -0.1) is 0 Å². The summed E-state index contributed by atoms with van der Waals surface area (Å²) in [4.78, 5) is 28.8. The Labute approximate surface area is 203 Å². The van der Waals surface area contributed by atoms with Gasteiger partial charge in [0, 0.05) is 25.1 Å². The molecule has 3 aromatic rings. The smallest absolute Gasteiger partial charge is 0.326 e. The zero-order valence-electron chi connectivity index (χ0n) is 18.6. The Hall–Kier alpha value is -3.58. The van der Waals surface area contributed by atoms with Crippen LogP contribution in [0.4, 0.5) is 5.82 Å². The summed E-state index contributed by atoms with van der Waals surface area (Å²) in [6.45, 7) is 1.44. The van der Waals surface area contributed by atoms with E-state index in [1.807, 2.05) is 6.07 Å². The Kier molecular flexibility index (Phi) is 7.65. The van der Waals surface area contributed by atoms with Crippen LogP contribution in [-0.2, 0) is 24.1 Å². The van der Waals surface area contributed by atoms with Crippen LogP contribution in [0.2, 0.25) is 5.02 Å². The van der Waals surface area contributed by atoms with Gasteiger partial charge in [-0.2, -0.15) is 0 Å². The number of hydrogen-bond acceptors (Lipinski definition) is 5. The van der Waals surface area contributed by atoms with E-state index in [0.29, 0.717) is 18.8 Å². The van der Waals surface area contributed by atoms with Crippen molar-refractivity contribution in [2.45, 2.75) is 31.7 Å². The van der Waals surface area contributed by atoms with Gasteiger partial charge in [0.1, 0.15) is 17.6 Å². The van der Waals surface area contributed by atoms with Crippen LogP contribution in [0.3, 0.4) is 0 Å². The van der Waals surface area contributed by atoms with Gasteiger partial charge in [0.05, 0.1) is 17.2 Å². The summed E-state index contributed by atoms with van der Waals surface area (Å²) in [7, 11) is 0. The number of aryl methyl sites for hydroxylation is 1. The average Bonchev–Trinajstić information content (AvgIpc) is 2.84. The van der Waals surface area contributed by atoms with E-state index in [2.05, 4.69) is 21.7 Å². The standard InChI is InChI=1S/C26H26ClN3O4/c27-22-6-2-1-5-21(22)25(31)30-23(26(32)33)16-17-7-11-20(12-8-17)34-15-13-19-10-9-18-4-3-14-28-24(18)29-19/h1-2,5-12,23H,3-4,13-16H2,(H,28,29)(H,30,31)(H,32,33)/t23-/m0/s1. The number of halogens is 1. The molecule has 176 valence electrons. The minimum Gasteiger partial charge on any atom is -0.493 e. The number of pyridine rings is 1. The second-order valence-corrected chi connectivity index (χ2v) is 8.54. The van der Waals surface area contributed by atoms with E-state index in [1.54, 1.807) is 48.5 Å². The molecule has 1 aliphatic heterocycles. The van der Waals surface area contributed by atoms with Gasteiger partial charge in [-0.05, 0) is 54.3 Å². The molecule has 0 radical (unpaired) electrons. The highest BCUT2D eigenvalue weighted by atomic mass is 35.5. The first-order valence-corrected chi connectivity index (χ1v) is 11.6. The lowest BCUT2D eigenvalue weighted by molar-refractivity contribution is -0.139. The SMILES string of the molecule is O=C(N[C@@H](Cc1ccc(OCCc2ccc3c(n2)NCCC3)cc1)C(=O)O)c1ccccc1Cl. The van der Waals surface area contributed by atoms with Crippen LogP contribution >= 0.6 is 11.6 Å². The topological polar surface area (TPSA) is 101 Å². The lowest BCUT2D eigenvalue weighted by Crippen LogP contribution is -2.42. The summed E-state index contributed by atoms with van der Waals surface area (Å²) in [6, 6.07) is 16.8. The van der Waals surface area contributed by atoms with Gasteiger partial charge in [0.15, 0.2) is 0 Å². The summed E-state index contributed by atoms with van der Waals surface area (Å²) < 4.78 is 5.84. The van der Waals surface area contributed by atoms with E-state index in [9.17, 15) is 14.7 Å². The highest BCUT2D eigenvalue weighted by molar-refractivity contribution is 6.33. The number of nitrogens with one attached hydrogen (secondary N) is 2. The number of carbonyl (C=O) groups is 2. The molecule has 1 aromatic heterocycles. The fourth-order valence-electron chi connectivity index (χ4n) is 3.82. The number of amides is 1. The molecule has 0 saturated carbocycles. The molecule has 0 saturated heterocycles. The van der Waals surface area contributed by atoms with E-state index in [0.717, 1.165) is 36.5 Å². The Morgan fingerprint density at radius 1 is 1.12 bits per heavy atom. The molecule has 2 heterocycles. The van der Waals surface area contributed by atoms with Gasteiger partial charge >= 0.3 is 5.97 Å². The normalized spacial score (nSPS) is 13.3. The minimum absolute atomic E-state index is 0.137. The van der Waals surface area contributed by atoms with Crippen molar-refractivity contribution in [1.82, 2.24) is 10.3 Å². The minimum atomic E-state index is -1.12. The number of benzene rings is 2. The molecule has 0 bridgehead atoms. The lowest BCUT2D eigenvalue weighted by Gasteiger charge is -2.17. The first-order valence-electron chi connectivity index (χ1n) is 11.2. The number of aliphatic carboxylic acids is 1. The summed E-state index contributed by atoms with van der Waals surface area (Å²) in [5.41, 5.74) is 3.24. The van der Waals surface area contributed by atoms with Crippen molar-refractivity contribution in [2.24, 2.45) is 0 Å². The molecule has 0 spiro atoms. The quantitative estimate of drug-likeness (QED) is 0.426. The molecule has 1 amide bonds. The Morgan fingerprint density at radius 3 is 2.68 bits per heavy atom. The third-order valence-electron chi connectivity index (χ3n) is 5.66. The van der Waals surface area contributed by atoms with E-state index in [-0.39, 0.29) is 17.0 Å². The predicted octanol–water partition coefficient (Wildman–Crippen LogP) is 4.14. The van der Waals surface area contributed by atoms with Crippen LogP contribution in [-0.4, -0.2) is 41.2 Å².